The monoisotopic (exact) mass is 256 g/mol. The summed E-state index contributed by atoms with van der Waals surface area (Å²) >= 11 is 5.75. The molecule has 0 spiro atoms. The summed E-state index contributed by atoms with van der Waals surface area (Å²) in [5, 5.41) is 2.80. The van der Waals surface area contributed by atoms with Crippen molar-refractivity contribution in [1.82, 2.24) is 5.32 Å². The first-order valence-electron chi connectivity index (χ1n) is 5.03. The molecule has 0 atom stereocenters. The van der Waals surface area contributed by atoms with Crippen molar-refractivity contribution in [2.75, 3.05) is 18.9 Å². The summed E-state index contributed by atoms with van der Waals surface area (Å²) in [4.78, 5) is 22.7. The molecule has 3 N–H and O–H groups in total. The quantitative estimate of drug-likeness (QED) is 0.627. The highest BCUT2D eigenvalue weighted by atomic mass is 35.5. The highest BCUT2D eigenvalue weighted by Gasteiger charge is 2.11. The standard InChI is InChI=1S/C11H13ClN2O3/c1-2-17-10(15)6-14-11(16)8-5-7(12)3-4-9(8)13/h3-5H,2,6,13H2,1H3,(H,14,16). The van der Waals surface area contributed by atoms with Crippen LogP contribution in [0.2, 0.25) is 5.02 Å². The lowest BCUT2D eigenvalue weighted by Gasteiger charge is -2.07. The minimum Gasteiger partial charge on any atom is -0.465 e. The van der Waals surface area contributed by atoms with Crippen LogP contribution in [-0.4, -0.2) is 25.0 Å². The van der Waals surface area contributed by atoms with E-state index in [2.05, 4.69) is 10.1 Å². The Morgan fingerprint density at radius 3 is 2.82 bits per heavy atom. The zero-order chi connectivity index (χ0) is 12.8. The van der Waals surface area contributed by atoms with Gasteiger partial charge in [0, 0.05) is 10.7 Å². The molecule has 0 heterocycles. The topological polar surface area (TPSA) is 81.4 Å². The van der Waals surface area contributed by atoms with Gasteiger partial charge in [-0.1, -0.05) is 11.6 Å². The summed E-state index contributed by atoms with van der Waals surface area (Å²) < 4.78 is 4.67. The highest BCUT2D eigenvalue weighted by molar-refractivity contribution is 6.31. The van der Waals surface area contributed by atoms with Crippen molar-refractivity contribution >= 4 is 29.2 Å². The number of halogens is 1. The number of rotatable bonds is 4. The van der Waals surface area contributed by atoms with Crippen molar-refractivity contribution in [3.63, 3.8) is 0 Å². The van der Waals surface area contributed by atoms with Crippen LogP contribution in [0.15, 0.2) is 18.2 Å². The molecule has 0 aliphatic carbocycles. The second-order valence-electron chi connectivity index (χ2n) is 3.22. The van der Waals surface area contributed by atoms with E-state index < -0.39 is 11.9 Å². The molecule has 0 saturated carbocycles. The van der Waals surface area contributed by atoms with E-state index >= 15 is 0 Å². The fraction of sp³-hybridized carbons (Fsp3) is 0.273. The van der Waals surface area contributed by atoms with Gasteiger partial charge in [0.1, 0.15) is 6.54 Å². The van der Waals surface area contributed by atoms with Gasteiger partial charge in [-0.2, -0.15) is 0 Å². The Hall–Kier alpha value is -1.75. The minimum absolute atomic E-state index is 0.196. The van der Waals surface area contributed by atoms with Crippen LogP contribution in [0, 0.1) is 0 Å². The lowest BCUT2D eigenvalue weighted by molar-refractivity contribution is -0.141. The molecule has 1 aromatic carbocycles. The van der Waals surface area contributed by atoms with Gasteiger partial charge in [0.25, 0.3) is 5.91 Å². The summed E-state index contributed by atoms with van der Waals surface area (Å²) in [6.07, 6.45) is 0. The van der Waals surface area contributed by atoms with E-state index in [0.717, 1.165) is 0 Å². The van der Waals surface area contributed by atoms with Gasteiger partial charge in [-0.25, -0.2) is 0 Å². The molecule has 0 unspecified atom stereocenters. The number of hydrogen-bond acceptors (Lipinski definition) is 4. The van der Waals surface area contributed by atoms with E-state index in [4.69, 9.17) is 17.3 Å². The van der Waals surface area contributed by atoms with Gasteiger partial charge in [0.2, 0.25) is 0 Å². The molecule has 0 fully saturated rings. The molecule has 92 valence electrons. The Labute approximate surface area is 104 Å². The van der Waals surface area contributed by atoms with Crippen LogP contribution in [0.1, 0.15) is 17.3 Å². The van der Waals surface area contributed by atoms with E-state index in [1.165, 1.54) is 12.1 Å². The molecular formula is C11H13ClN2O3. The Balaban J connectivity index is 2.64. The van der Waals surface area contributed by atoms with E-state index in [1.54, 1.807) is 13.0 Å². The number of hydrogen-bond donors (Lipinski definition) is 2. The first kappa shape index (κ1) is 13.3. The molecule has 0 aliphatic heterocycles. The van der Waals surface area contributed by atoms with E-state index in [1.807, 2.05) is 0 Å². The van der Waals surface area contributed by atoms with Gasteiger partial charge in [0.05, 0.1) is 12.2 Å². The van der Waals surface area contributed by atoms with Gasteiger partial charge in [-0.05, 0) is 25.1 Å². The number of anilines is 1. The smallest absolute Gasteiger partial charge is 0.325 e. The minimum atomic E-state index is -0.499. The molecule has 0 aliphatic rings. The predicted molar refractivity (Wildman–Crippen MR) is 64.8 cm³/mol. The van der Waals surface area contributed by atoms with Crippen LogP contribution < -0.4 is 11.1 Å². The Kier molecular flexibility index (Phi) is 4.78. The lowest BCUT2D eigenvalue weighted by Crippen LogP contribution is -2.31. The van der Waals surface area contributed by atoms with Gasteiger partial charge >= 0.3 is 5.97 Å². The van der Waals surface area contributed by atoms with Gasteiger partial charge in [-0.3, -0.25) is 9.59 Å². The fourth-order valence-electron chi connectivity index (χ4n) is 1.18. The molecular weight excluding hydrogens is 244 g/mol. The number of benzene rings is 1. The van der Waals surface area contributed by atoms with Crippen molar-refractivity contribution in [3.05, 3.63) is 28.8 Å². The number of ether oxygens (including phenoxy) is 1. The first-order valence-corrected chi connectivity index (χ1v) is 5.41. The molecule has 6 heteroatoms. The Morgan fingerprint density at radius 1 is 1.47 bits per heavy atom. The number of nitrogen functional groups attached to an aromatic ring is 1. The number of carbonyl (C=O) groups excluding carboxylic acids is 2. The maximum absolute atomic E-state index is 11.7. The van der Waals surface area contributed by atoms with Crippen LogP contribution in [0.5, 0.6) is 0 Å². The van der Waals surface area contributed by atoms with Crippen LogP contribution in [0.25, 0.3) is 0 Å². The molecule has 0 radical (unpaired) electrons. The summed E-state index contributed by atoms with van der Waals surface area (Å²) in [5.74, 6) is -0.959. The summed E-state index contributed by atoms with van der Waals surface area (Å²) in [6.45, 7) is 1.77. The van der Waals surface area contributed by atoms with Gasteiger partial charge < -0.3 is 15.8 Å². The van der Waals surface area contributed by atoms with E-state index in [0.29, 0.717) is 10.7 Å². The van der Waals surface area contributed by atoms with Crippen LogP contribution in [0.3, 0.4) is 0 Å². The average molecular weight is 257 g/mol. The number of nitrogens with two attached hydrogens (primary N) is 1. The second kappa shape index (κ2) is 6.10. The maximum atomic E-state index is 11.7. The van der Waals surface area contributed by atoms with Crippen molar-refractivity contribution < 1.29 is 14.3 Å². The summed E-state index contributed by atoms with van der Waals surface area (Å²) in [7, 11) is 0. The van der Waals surface area contributed by atoms with Crippen molar-refractivity contribution in [3.8, 4) is 0 Å². The summed E-state index contributed by atoms with van der Waals surface area (Å²) in [5.41, 5.74) is 6.16. The van der Waals surface area contributed by atoms with Crippen molar-refractivity contribution in [2.24, 2.45) is 0 Å². The number of amides is 1. The van der Waals surface area contributed by atoms with Crippen LogP contribution in [0.4, 0.5) is 5.69 Å². The zero-order valence-electron chi connectivity index (χ0n) is 9.33. The first-order chi connectivity index (χ1) is 8.04. The predicted octanol–water partition coefficient (Wildman–Crippen LogP) is 1.22. The molecule has 5 nitrogen and oxygen atoms in total. The summed E-state index contributed by atoms with van der Waals surface area (Å²) in [6, 6.07) is 4.55. The lowest BCUT2D eigenvalue weighted by atomic mass is 10.1. The van der Waals surface area contributed by atoms with Crippen LogP contribution in [-0.2, 0) is 9.53 Å². The Bertz CT molecular complexity index is 435. The van der Waals surface area contributed by atoms with Gasteiger partial charge in [0.15, 0.2) is 0 Å². The molecule has 0 bridgehead atoms. The zero-order valence-corrected chi connectivity index (χ0v) is 10.1. The number of esters is 1. The largest absolute Gasteiger partial charge is 0.465 e. The normalized spacial score (nSPS) is 9.76. The molecule has 1 amide bonds. The SMILES string of the molecule is CCOC(=O)CNC(=O)c1cc(Cl)ccc1N. The van der Waals surface area contributed by atoms with Crippen molar-refractivity contribution in [2.45, 2.75) is 6.92 Å². The third-order valence-electron chi connectivity index (χ3n) is 1.96. The van der Waals surface area contributed by atoms with Crippen LogP contribution >= 0.6 is 11.6 Å². The Morgan fingerprint density at radius 2 is 2.18 bits per heavy atom. The second-order valence-corrected chi connectivity index (χ2v) is 3.66. The molecule has 1 rings (SSSR count). The van der Waals surface area contributed by atoms with E-state index in [-0.39, 0.29) is 18.7 Å². The number of carbonyl (C=O) groups is 2. The fourth-order valence-corrected chi connectivity index (χ4v) is 1.36. The van der Waals surface area contributed by atoms with Crippen molar-refractivity contribution in [1.29, 1.82) is 0 Å². The maximum Gasteiger partial charge on any atom is 0.325 e. The highest BCUT2D eigenvalue weighted by Crippen LogP contribution is 2.17. The molecule has 0 saturated heterocycles. The van der Waals surface area contributed by atoms with Gasteiger partial charge in [-0.15, -0.1) is 0 Å². The number of nitrogens with one attached hydrogen (secondary N) is 1. The molecule has 0 aromatic heterocycles. The van der Waals surface area contributed by atoms with E-state index in [9.17, 15) is 9.59 Å². The average Bonchev–Trinajstić information content (AvgIpc) is 2.29. The molecule has 17 heavy (non-hydrogen) atoms. The third-order valence-corrected chi connectivity index (χ3v) is 2.19. The third kappa shape index (κ3) is 3.96. The molecule has 1 aromatic rings.